The van der Waals surface area contributed by atoms with Crippen molar-refractivity contribution in [2.45, 2.75) is 6.18 Å². The van der Waals surface area contributed by atoms with Crippen molar-refractivity contribution >= 4 is 22.4 Å². The van der Waals surface area contributed by atoms with Gasteiger partial charge in [-0.1, -0.05) is 0 Å². The van der Waals surface area contributed by atoms with Gasteiger partial charge in [-0.2, -0.15) is 13.2 Å². The van der Waals surface area contributed by atoms with Gasteiger partial charge in [-0.05, 0) is 6.07 Å². The van der Waals surface area contributed by atoms with Crippen LogP contribution < -0.4 is 0 Å². The minimum Gasteiger partial charge on any atom is -0.286 e. The second kappa shape index (κ2) is 3.83. The summed E-state index contributed by atoms with van der Waals surface area (Å²) in [4.78, 5) is 20.8. The number of hydrogen-bond donors (Lipinski definition) is 0. The summed E-state index contributed by atoms with van der Waals surface area (Å²) in [6.45, 7) is 0. The highest BCUT2D eigenvalue weighted by atomic mass is 19.4. The highest BCUT2D eigenvalue weighted by Gasteiger charge is 2.39. The Morgan fingerprint density at radius 1 is 1.22 bits per heavy atom. The largest absolute Gasteiger partial charge is 0.472 e. The maximum absolute atomic E-state index is 12.2. The Labute approximate surface area is 97.6 Å². The third-order valence-electron chi connectivity index (χ3n) is 2.31. The summed E-state index contributed by atoms with van der Waals surface area (Å²) in [5, 5.41) is 11.0. The van der Waals surface area contributed by atoms with E-state index in [-0.39, 0.29) is 11.1 Å². The number of nitrogens with zero attached hydrogens (tertiary/aromatic N) is 2. The molecule has 1 aromatic carbocycles. The maximum Gasteiger partial charge on any atom is 0.472 e. The average Bonchev–Trinajstić information content (AvgIpc) is 2.68. The van der Waals surface area contributed by atoms with Gasteiger partial charge in [-0.15, -0.1) is 0 Å². The zero-order chi connectivity index (χ0) is 13.5. The first-order valence-corrected chi connectivity index (χ1v) is 4.67. The number of carbonyl (C=O) groups excluding carboxylic acids is 1. The molecule has 18 heavy (non-hydrogen) atoms. The van der Waals surface area contributed by atoms with E-state index in [2.05, 4.69) is 0 Å². The molecular weight excluding hydrogens is 253 g/mol. The number of benzene rings is 1. The molecule has 0 N–H and O–H groups in total. The molecule has 1 aromatic heterocycles. The lowest BCUT2D eigenvalue weighted by Crippen LogP contribution is -2.27. The normalized spacial score (nSPS) is 11.7. The molecule has 1 heterocycles. The Morgan fingerprint density at radius 3 is 2.39 bits per heavy atom. The number of fused-ring (bicyclic) bond motifs is 1. The Morgan fingerprint density at radius 2 is 1.83 bits per heavy atom. The average molecular weight is 258 g/mol. The van der Waals surface area contributed by atoms with E-state index in [1.807, 2.05) is 0 Å². The van der Waals surface area contributed by atoms with Crippen LogP contribution in [0, 0.1) is 10.1 Å². The summed E-state index contributed by atoms with van der Waals surface area (Å²) in [5.74, 6) is -2.04. The van der Waals surface area contributed by atoms with E-state index < -0.39 is 17.0 Å². The number of aromatic nitrogens is 1. The number of carbonyl (C=O) groups is 1. The third kappa shape index (κ3) is 2.04. The minimum atomic E-state index is -4.99. The summed E-state index contributed by atoms with van der Waals surface area (Å²) in [7, 11) is 0. The number of nitro benzene ring substituents is 1. The molecule has 2 aromatic rings. The standard InChI is InChI=1S/C10H5F3N2O3/c11-10(12,13)9(16)14-4-6-1-2-8(15(17)18)3-7(6)5-14/h1-5H. The van der Waals surface area contributed by atoms with E-state index in [9.17, 15) is 28.1 Å². The third-order valence-corrected chi connectivity index (χ3v) is 2.31. The summed E-state index contributed by atoms with van der Waals surface area (Å²) in [6, 6.07) is 3.55. The van der Waals surface area contributed by atoms with Crippen molar-refractivity contribution in [2.75, 3.05) is 0 Å². The van der Waals surface area contributed by atoms with Gasteiger partial charge < -0.3 is 0 Å². The number of hydrogen-bond acceptors (Lipinski definition) is 3. The molecule has 0 saturated heterocycles. The van der Waals surface area contributed by atoms with Gasteiger partial charge in [-0.3, -0.25) is 19.5 Å². The van der Waals surface area contributed by atoms with E-state index in [1.54, 1.807) is 0 Å². The number of halogens is 3. The predicted octanol–water partition coefficient (Wildman–Crippen LogP) is 2.75. The molecule has 0 aliphatic rings. The predicted molar refractivity (Wildman–Crippen MR) is 55.3 cm³/mol. The highest BCUT2D eigenvalue weighted by molar-refractivity contribution is 5.92. The number of nitro groups is 1. The fourth-order valence-electron chi connectivity index (χ4n) is 1.51. The summed E-state index contributed by atoms with van der Waals surface area (Å²) in [5.41, 5.74) is -0.250. The molecule has 0 fully saturated rings. The summed E-state index contributed by atoms with van der Waals surface area (Å²) in [6.07, 6.45) is -3.09. The van der Waals surface area contributed by atoms with Gasteiger partial charge in [0.25, 0.3) is 5.69 Å². The molecule has 0 amide bonds. The number of alkyl halides is 3. The first-order chi connectivity index (χ1) is 8.29. The molecule has 0 aliphatic carbocycles. The van der Waals surface area contributed by atoms with Crippen LogP contribution in [0.4, 0.5) is 18.9 Å². The second-order valence-electron chi connectivity index (χ2n) is 3.54. The number of non-ortho nitro benzene ring substituents is 1. The molecule has 5 nitrogen and oxygen atoms in total. The molecule has 0 radical (unpaired) electrons. The van der Waals surface area contributed by atoms with Crippen LogP contribution in [0.1, 0.15) is 4.79 Å². The van der Waals surface area contributed by atoms with Crippen LogP contribution >= 0.6 is 0 Å². The molecule has 0 atom stereocenters. The topological polar surface area (TPSA) is 65.1 Å². The first kappa shape index (κ1) is 12.1. The van der Waals surface area contributed by atoms with Crippen LogP contribution in [-0.2, 0) is 0 Å². The molecule has 0 aliphatic heterocycles. The Kier molecular flexibility index (Phi) is 2.57. The second-order valence-corrected chi connectivity index (χ2v) is 3.54. The van der Waals surface area contributed by atoms with Gasteiger partial charge in [0.05, 0.1) is 4.92 Å². The monoisotopic (exact) mass is 258 g/mol. The molecule has 8 heteroatoms. The fraction of sp³-hybridized carbons (Fsp3) is 0.100. The van der Waals surface area contributed by atoms with Gasteiger partial charge in [0.1, 0.15) is 0 Å². The molecular formula is C10H5F3N2O3. The van der Waals surface area contributed by atoms with Crippen molar-refractivity contribution in [2.24, 2.45) is 0 Å². The summed E-state index contributed by atoms with van der Waals surface area (Å²) >= 11 is 0. The van der Waals surface area contributed by atoms with Crippen LogP contribution in [-0.4, -0.2) is 21.6 Å². The van der Waals surface area contributed by atoms with Crippen molar-refractivity contribution in [1.82, 2.24) is 4.57 Å². The SMILES string of the molecule is O=C(n1cc2ccc([N+](=O)[O-])cc2c1)C(F)(F)F. The quantitative estimate of drug-likeness (QED) is 0.583. The molecule has 0 bridgehead atoms. The Balaban J connectivity index is 2.51. The van der Waals surface area contributed by atoms with Crippen molar-refractivity contribution in [3.63, 3.8) is 0 Å². The van der Waals surface area contributed by atoms with E-state index in [0.29, 0.717) is 9.95 Å². The number of rotatable bonds is 1. The molecule has 0 spiro atoms. The molecule has 94 valence electrons. The van der Waals surface area contributed by atoms with Gasteiger partial charge in [0.2, 0.25) is 0 Å². The van der Waals surface area contributed by atoms with Crippen molar-refractivity contribution in [1.29, 1.82) is 0 Å². The van der Waals surface area contributed by atoms with Crippen molar-refractivity contribution in [3.05, 3.63) is 40.7 Å². The van der Waals surface area contributed by atoms with Crippen molar-refractivity contribution in [3.8, 4) is 0 Å². The lowest BCUT2D eigenvalue weighted by atomic mass is 10.2. The molecule has 0 saturated carbocycles. The molecule has 2 rings (SSSR count). The van der Waals surface area contributed by atoms with E-state index in [0.717, 1.165) is 24.5 Å². The zero-order valence-corrected chi connectivity index (χ0v) is 8.64. The van der Waals surface area contributed by atoms with Gasteiger partial charge in [0, 0.05) is 35.3 Å². The van der Waals surface area contributed by atoms with Crippen LogP contribution in [0.5, 0.6) is 0 Å². The van der Waals surface area contributed by atoms with Gasteiger partial charge >= 0.3 is 12.1 Å². The maximum atomic E-state index is 12.2. The molecule has 0 unspecified atom stereocenters. The van der Waals surface area contributed by atoms with Crippen LogP contribution in [0.2, 0.25) is 0 Å². The minimum absolute atomic E-state index is 0.196. The van der Waals surface area contributed by atoms with Crippen LogP contribution in [0.15, 0.2) is 30.6 Å². The lowest BCUT2D eigenvalue weighted by Gasteiger charge is -2.04. The Bertz CT molecular complexity index is 645. The smallest absolute Gasteiger partial charge is 0.286 e. The van der Waals surface area contributed by atoms with E-state index in [1.165, 1.54) is 6.07 Å². The highest BCUT2D eigenvalue weighted by Crippen LogP contribution is 2.24. The van der Waals surface area contributed by atoms with Crippen LogP contribution in [0.3, 0.4) is 0 Å². The fourth-order valence-corrected chi connectivity index (χ4v) is 1.51. The lowest BCUT2D eigenvalue weighted by molar-refractivity contribution is -0.384. The van der Waals surface area contributed by atoms with Crippen molar-refractivity contribution < 1.29 is 22.9 Å². The summed E-state index contributed by atoms with van der Waals surface area (Å²) < 4.78 is 36.9. The van der Waals surface area contributed by atoms with Gasteiger partial charge in [0.15, 0.2) is 0 Å². The van der Waals surface area contributed by atoms with E-state index in [4.69, 9.17) is 0 Å². The zero-order valence-electron chi connectivity index (χ0n) is 8.64. The first-order valence-electron chi connectivity index (χ1n) is 4.67. The Hall–Kier alpha value is -2.38. The van der Waals surface area contributed by atoms with Gasteiger partial charge in [-0.25, -0.2) is 0 Å². The van der Waals surface area contributed by atoms with E-state index >= 15 is 0 Å². The van der Waals surface area contributed by atoms with Crippen LogP contribution in [0.25, 0.3) is 10.8 Å².